The predicted molar refractivity (Wildman–Crippen MR) is 104 cm³/mol. The number of aromatic nitrogens is 2. The average molecular weight is 392 g/mol. The maximum absolute atomic E-state index is 12.5. The lowest BCUT2D eigenvalue weighted by Crippen LogP contribution is -2.47. The third-order valence-electron chi connectivity index (χ3n) is 6.00. The second-order valence-electron chi connectivity index (χ2n) is 8.16. The molecule has 1 aliphatic heterocycles. The number of hydrogen-bond acceptors (Lipinski definition) is 6. The molecule has 2 heterocycles. The normalized spacial score (nSPS) is 22.5. The van der Waals surface area contributed by atoms with Crippen LogP contribution in [0.3, 0.4) is 0 Å². The molecule has 1 aromatic heterocycles. The third kappa shape index (κ3) is 5.10. The van der Waals surface area contributed by atoms with Crippen LogP contribution < -0.4 is 10.6 Å². The number of likely N-dealkylation sites (tertiary alicyclic amines) is 1. The van der Waals surface area contributed by atoms with Gasteiger partial charge < -0.3 is 20.1 Å². The molecule has 1 unspecified atom stereocenters. The smallest absolute Gasteiger partial charge is 0.227 e. The highest BCUT2D eigenvalue weighted by molar-refractivity contribution is 5.76. The van der Waals surface area contributed by atoms with Gasteiger partial charge in [-0.25, -0.2) is 0 Å². The lowest BCUT2D eigenvalue weighted by atomic mass is 9.89. The zero-order chi connectivity index (χ0) is 20.0. The number of nitrogens with zero attached hydrogens (tertiary/aromatic N) is 3. The van der Waals surface area contributed by atoms with Crippen molar-refractivity contribution in [1.82, 2.24) is 25.7 Å². The highest BCUT2D eigenvalue weighted by atomic mass is 16.5. The Morgan fingerprint density at radius 1 is 1.21 bits per heavy atom. The minimum atomic E-state index is -0.541. The summed E-state index contributed by atoms with van der Waals surface area (Å²) in [6.45, 7) is 3.11. The maximum atomic E-state index is 12.5. The molecule has 8 heteroatoms. The first-order valence-corrected chi connectivity index (χ1v) is 10.6. The standard InChI is InChI=1S/C20H33N5O3/c1-15(26)23-20(11-5-3-4-6-12-20)19-22-17(28-24-19)9-10-18(27)25-13-7-8-16(14-25)21-2/h16,21H,3-14H2,1-2H3,(H,23,26). The van der Waals surface area contributed by atoms with Crippen LogP contribution in [0.1, 0.15) is 76.4 Å². The van der Waals surface area contributed by atoms with Gasteiger partial charge in [-0.1, -0.05) is 30.8 Å². The van der Waals surface area contributed by atoms with Crippen LogP contribution in [0.2, 0.25) is 0 Å². The number of nitrogens with one attached hydrogen (secondary N) is 2. The predicted octanol–water partition coefficient (Wildman–Crippen LogP) is 1.90. The third-order valence-corrected chi connectivity index (χ3v) is 6.00. The molecular weight excluding hydrogens is 358 g/mol. The van der Waals surface area contributed by atoms with Crippen molar-refractivity contribution in [3.05, 3.63) is 11.7 Å². The van der Waals surface area contributed by atoms with Crippen LogP contribution in [-0.2, 0) is 21.5 Å². The van der Waals surface area contributed by atoms with E-state index in [2.05, 4.69) is 20.8 Å². The van der Waals surface area contributed by atoms with E-state index in [-0.39, 0.29) is 11.8 Å². The molecule has 0 radical (unpaired) electrons. The summed E-state index contributed by atoms with van der Waals surface area (Å²) in [5, 5.41) is 10.5. The van der Waals surface area contributed by atoms with Gasteiger partial charge in [0.05, 0.1) is 0 Å². The van der Waals surface area contributed by atoms with Gasteiger partial charge in [0.15, 0.2) is 5.82 Å². The van der Waals surface area contributed by atoms with Gasteiger partial charge in [0, 0.05) is 38.9 Å². The molecule has 3 rings (SSSR count). The van der Waals surface area contributed by atoms with Crippen molar-refractivity contribution in [2.24, 2.45) is 0 Å². The van der Waals surface area contributed by atoms with Gasteiger partial charge in [0.2, 0.25) is 17.7 Å². The Bertz CT molecular complexity index is 667. The summed E-state index contributed by atoms with van der Waals surface area (Å²) in [7, 11) is 1.94. The van der Waals surface area contributed by atoms with Crippen molar-refractivity contribution < 1.29 is 14.1 Å². The molecular formula is C20H33N5O3. The summed E-state index contributed by atoms with van der Waals surface area (Å²) >= 11 is 0. The van der Waals surface area contributed by atoms with Crippen LogP contribution in [0, 0.1) is 0 Å². The van der Waals surface area contributed by atoms with Crippen molar-refractivity contribution in [2.75, 3.05) is 20.1 Å². The van der Waals surface area contributed by atoms with Crippen LogP contribution >= 0.6 is 0 Å². The van der Waals surface area contributed by atoms with Crippen molar-refractivity contribution in [3.63, 3.8) is 0 Å². The SMILES string of the molecule is CNC1CCCN(C(=O)CCc2nc(C3(NC(C)=O)CCCCCC3)no2)C1. The second kappa shape index (κ2) is 9.49. The summed E-state index contributed by atoms with van der Waals surface area (Å²) < 4.78 is 5.45. The number of carbonyl (C=O) groups is 2. The first kappa shape index (κ1) is 20.8. The van der Waals surface area contributed by atoms with E-state index in [9.17, 15) is 9.59 Å². The molecule has 0 bridgehead atoms. The monoisotopic (exact) mass is 391 g/mol. The zero-order valence-electron chi connectivity index (χ0n) is 17.1. The maximum Gasteiger partial charge on any atom is 0.227 e. The van der Waals surface area contributed by atoms with E-state index in [1.807, 2.05) is 11.9 Å². The number of amides is 2. The summed E-state index contributed by atoms with van der Waals surface area (Å²) in [5.74, 6) is 1.08. The summed E-state index contributed by atoms with van der Waals surface area (Å²) in [5.41, 5.74) is -0.541. The number of likely N-dealkylation sites (N-methyl/N-ethyl adjacent to an activating group) is 1. The number of carbonyl (C=O) groups excluding carboxylic acids is 2. The highest BCUT2D eigenvalue weighted by Crippen LogP contribution is 2.34. The second-order valence-corrected chi connectivity index (χ2v) is 8.16. The fourth-order valence-corrected chi connectivity index (χ4v) is 4.44. The van der Waals surface area contributed by atoms with E-state index >= 15 is 0 Å². The molecule has 1 aliphatic carbocycles. The van der Waals surface area contributed by atoms with Crippen LogP contribution in [0.15, 0.2) is 4.52 Å². The van der Waals surface area contributed by atoms with E-state index in [4.69, 9.17) is 4.52 Å². The molecule has 1 aromatic rings. The largest absolute Gasteiger partial charge is 0.343 e. The minimum absolute atomic E-state index is 0.0763. The van der Waals surface area contributed by atoms with Crippen LogP contribution in [0.5, 0.6) is 0 Å². The van der Waals surface area contributed by atoms with E-state index in [0.717, 1.165) is 64.5 Å². The van der Waals surface area contributed by atoms with Crippen molar-refractivity contribution in [3.8, 4) is 0 Å². The van der Waals surface area contributed by atoms with Crippen molar-refractivity contribution >= 4 is 11.8 Å². The Hall–Kier alpha value is -1.96. The molecule has 1 saturated carbocycles. The lowest BCUT2D eigenvalue weighted by molar-refractivity contribution is -0.132. The number of hydrogen-bond donors (Lipinski definition) is 2. The van der Waals surface area contributed by atoms with Crippen molar-refractivity contribution in [2.45, 2.75) is 82.7 Å². The van der Waals surface area contributed by atoms with Gasteiger partial charge in [0.1, 0.15) is 5.54 Å². The quantitative estimate of drug-likeness (QED) is 0.719. The van der Waals surface area contributed by atoms with E-state index in [1.165, 1.54) is 6.92 Å². The van der Waals surface area contributed by atoms with Crippen molar-refractivity contribution in [1.29, 1.82) is 0 Å². The van der Waals surface area contributed by atoms with E-state index in [1.54, 1.807) is 0 Å². The molecule has 0 aromatic carbocycles. The van der Waals surface area contributed by atoms with E-state index in [0.29, 0.717) is 30.6 Å². The number of rotatable bonds is 6. The molecule has 2 aliphatic rings. The molecule has 0 spiro atoms. The summed E-state index contributed by atoms with van der Waals surface area (Å²) in [6, 6.07) is 0.375. The van der Waals surface area contributed by atoms with Crippen LogP contribution in [-0.4, -0.2) is 53.0 Å². The topological polar surface area (TPSA) is 100 Å². The molecule has 1 atom stereocenters. The first-order chi connectivity index (χ1) is 13.5. The zero-order valence-corrected chi connectivity index (χ0v) is 17.1. The summed E-state index contributed by atoms with van der Waals surface area (Å²) in [6.07, 6.45) is 8.96. The fraction of sp³-hybridized carbons (Fsp3) is 0.800. The number of aryl methyl sites for hydroxylation is 1. The highest BCUT2D eigenvalue weighted by Gasteiger charge is 2.38. The lowest BCUT2D eigenvalue weighted by Gasteiger charge is -2.32. The Kier molecular flexibility index (Phi) is 7.04. The molecule has 156 valence electrons. The van der Waals surface area contributed by atoms with Gasteiger partial charge in [-0.05, 0) is 32.7 Å². The average Bonchev–Trinajstić information content (AvgIpc) is 3.06. The molecule has 8 nitrogen and oxygen atoms in total. The Morgan fingerprint density at radius 3 is 2.64 bits per heavy atom. The van der Waals surface area contributed by atoms with Gasteiger partial charge >= 0.3 is 0 Å². The minimum Gasteiger partial charge on any atom is -0.343 e. The van der Waals surface area contributed by atoms with Gasteiger partial charge in [-0.2, -0.15) is 4.98 Å². The Balaban J connectivity index is 1.62. The molecule has 28 heavy (non-hydrogen) atoms. The molecule has 1 saturated heterocycles. The Labute approximate surface area is 166 Å². The first-order valence-electron chi connectivity index (χ1n) is 10.6. The fourth-order valence-electron chi connectivity index (χ4n) is 4.44. The molecule has 2 N–H and O–H groups in total. The number of piperidine rings is 1. The van der Waals surface area contributed by atoms with E-state index < -0.39 is 5.54 Å². The Morgan fingerprint density at radius 2 is 1.96 bits per heavy atom. The van der Waals surface area contributed by atoms with Crippen LogP contribution in [0.25, 0.3) is 0 Å². The molecule has 2 fully saturated rings. The van der Waals surface area contributed by atoms with Crippen LogP contribution in [0.4, 0.5) is 0 Å². The summed E-state index contributed by atoms with van der Waals surface area (Å²) in [4.78, 5) is 30.8. The molecule has 2 amide bonds. The van der Waals surface area contributed by atoms with Gasteiger partial charge in [-0.15, -0.1) is 0 Å². The van der Waals surface area contributed by atoms with Gasteiger partial charge in [-0.3, -0.25) is 9.59 Å². The van der Waals surface area contributed by atoms with Gasteiger partial charge in [0.25, 0.3) is 0 Å².